The van der Waals surface area contributed by atoms with Crippen molar-refractivity contribution in [2.45, 2.75) is 12.5 Å². The lowest BCUT2D eigenvalue weighted by atomic mass is 9.98. The van der Waals surface area contributed by atoms with Gasteiger partial charge in [-0.25, -0.2) is 4.99 Å². The minimum Gasteiger partial charge on any atom is -0.353 e. The highest BCUT2D eigenvalue weighted by atomic mass is 15.3. The molecule has 1 N–H and O–H groups in total. The van der Waals surface area contributed by atoms with E-state index in [1.807, 2.05) is 12.4 Å². The van der Waals surface area contributed by atoms with Gasteiger partial charge in [0.25, 0.3) is 0 Å². The van der Waals surface area contributed by atoms with Gasteiger partial charge >= 0.3 is 0 Å². The van der Waals surface area contributed by atoms with E-state index in [2.05, 4.69) is 50.5 Å². The zero-order chi connectivity index (χ0) is 9.95. The van der Waals surface area contributed by atoms with Crippen LogP contribution in [-0.2, 0) is 0 Å². The van der Waals surface area contributed by atoms with Crippen molar-refractivity contribution in [1.82, 2.24) is 5.32 Å². The summed E-state index contributed by atoms with van der Waals surface area (Å²) in [5.74, 6) is 0. The van der Waals surface area contributed by atoms with E-state index in [4.69, 9.17) is 0 Å². The van der Waals surface area contributed by atoms with Crippen LogP contribution in [0.2, 0.25) is 0 Å². The zero-order valence-corrected chi connectivity index (χ0v) is 8.78. The van der Waals surface area contributed by atoms with Crippen molar-refractivity contribution in [2.75, 3.05) is 21.1 Å². The molecule has 0 saturated carbocycles. The molecular formula is C10H18N3+. The number of likely N-dealkylation sites (N-methyl/N-ethyl adjacent to an activating group) is 1. The minimum absolute atomic E-state index is 0.00917. The Bertz CT molecular complexity index is 258. The molecule has 13 heavy (non-hydrogen) atoms. The maximum Gasteiger partial charge on any atom is 0.136 e. The van der Waals surface area contributed by atoms with Gasteiger partial charge in [-0.3, -0.25) is 0 Å². The van der Waals surface area contributed by atoms with E-state index in [0.717, 1.165) is 4.48 Å². The fourth-order valence-corrected chi connectivity index (χ4v) is 1.04. The second-order valence-corrected chi connectivity index (χ2v) is 4.33. The molecule has 0 aromatic carbocycles. The first-order valence-electron chi connectivity index (χ1n) is 4.40. The van der Waals surface area contributed by atoms with Gasteiger partial charge in [-0.05, 0) is 19.1 Å². The van der Waals surface area contributed by atoms with Crippen LogP contribution in [-0.4, -0.2) is 37.5 Å². The maximum atomic E-state index is 4.06. The van der Waals surface area contributed by atoms with Crippen molar-refractivity contribution in [3.05, 3.63) is 24.6 Å². The van der Waals surface area contributed by atoms with Crippen molar-refractivity contribution >= 4 is 6.34 Å². The van der Waals surface area contributed by atoms with E-state index >= 15 is 0 Å². The van der Waals surface area contributed by atoms with Gasteiger partial charge in [-0.2, -0.15) is 0 Å². The summed E-state index contributed by atoms with van der Waals surface area (Å²) in [6, 6.07) is 0. The minimum atomic E-state index is -0.00917. The number of aliphatic imine (C=N–C) groups is 1. The fourth-order valence-electron chi connectivity index (χ4n) is 1.04. The SMILES string of the molecule is CC1([N+](C)(C)C)C=CN=CNC=C1. The van der Waals surface area contributed by atoms with Crippen molar-refractivity contribution in [3.8, 4) is 0 Å². The molecule has 0 aliphatic carbocycles. The molecule has 1 aliphatic heterocycles. The number of nitrogens with zero attached hydrogens (tertiary/aromatic N) is 2. The van der Waals surface area contributed by atoms with Gasteiger partial charge in [0.2, 0.25) is 0 Å². The van der Waals surface area contributed by atoms with Crippen molar-refractivity contribution in [2.24, 2.45) is 4.99 Å². The van der Waals surface area contributed by atoms with Gasteiger partial charge < -0.3 is 9.80 Å². The van der Waals surface area contributed by atoms with Crippen LogP contribution in [0.15, 0.2) is 29.5 Å². The predicted molar refractivity (Wildman–Crippen MR) is 56.3 cm³/mol. The molecule has 1 unspecified atom stereocenters. The lowest BCUT2D eigenvalue weighted by molar-refractivity contribution is -0.906. The molecule has 0 spiro atoms. The molecule has 0 aromatic rings. The van der Waals surface area contributed by atoms with Crippen molar-refractivity contribution < 1.29 is 4.48 Å². The van der Waals surface area contributed by atoms with Gasteiger partial charge in [0, 0.05) is 12.4 Å². The van der Waals surface area contributed by atoms with E-state index < -0.39 is 0 Å². The first-order chi connectivity index (χ1) is 5.96. The molecule has 3 heteroatoms. The average molecular weight is 180 g/mol. The largest absolute Gasteiger partial charge is 0.353 e. The van der Waals surface area contributed by atoms with Gasteiger partial charge in [-0.15, -0.1) is 0 Å². The van der Waals surface area contributed by atoms with Gasteiger partial charge in [-0.1, -0.05) is 0 Å². The van der Waals surface area contributed by atoms with Gasteiger partial charge in [0.1, 0.15) is 5.54 Å². The maximum absolute atomic E-state index is 4.06. The Morgan fingerprint density at radius 3 is 2.54 bits per heavy atom. The number of rotatable bonds is 1. The summed E-state index contributed by atoms with van der Waals surface area (Å²) < 4.78 is 0.844. The summed E-state index contributed by atoms with van der Waals surface area (Å²) in [7, 11) is 6.50. The first kappa shape index (κ1) is 9.99. The third-order valence-corrected chi connectivity index (χ3v) is 2.61. The number of hydrogen-bond acceptors (Lipinski definition) is 2. The molecule has 0 amide bonds. The van der Waals surface area contributed by atoms with E-state index in [1.54, 1.807) is 6.34 Å². The number of nitrogens with one attached hydrogen (secondary N) is 1. The van der Waals surface area contributed by atoms with E-state index in [1.165, 1.54) is 0 Å². The average Bonchev–Trinajstić information content (AvgIpc) is 1.94. The third kappa shape index (κ3) is 2.18. The Morgan fingerprint density at radius 2 is 1.92 bits per heavy atom. The van der Waals surface area contributed by atoms with Crippen LogP contribution < -0.4 is 5.32 Å². The Labute approximate surface area is 80.1 Å². The normalized spacial score (nSPS) is 28.0. The highest BCUT2D eigenvalue weighted by Crippen LogP contribution is 2.21. The second-order valence-electron chi connectivity index (χ2n) is 4.33. The topological polar surface area (TPSA) is 24.4 Å². The van der Waals surface area contributed by atoms with Crippen molar-refractivity contribution in [1.29, 1.82) is 0 Å². The molecule has 0 fully saturated rings. The molecule has 0 saturated heterocycles. The Kier molecular flexibility index (Phi) is 2.57. The second kappa shape index (κ2) is 3.34. The number of quaternary nitrogens is 1. The van der Waals surface area contributed by atoms with Crippen LogP contribution >= 0.6 is 0 Å². The molecule has 1 aliphatic rings. The summed E-state index contributed by atoms with van der Waals surface area (Å²) >= 11 is 0. The molecule has 1 heterocycles. The lowest BCUT2D eigenvalue weighted by Crippen LogP contribution is -2.52. The summed E-state index contributed by atoms with van der Waals surface area (Å²) in [6.45, 7) is 2.18. The van der Waals surface area contributed by atoms with Gasteiger partial charge in [0.05, 0.1) is 27.5 Å². The molecule has 0 radical (unpaired) electrons. The fraction of sp³-hybridized carbons (Fsp3) is 0.500. The lowest BCUT2D eigenvalue weighted by Gasteiger charge is -2.39. The first-order valence-corrected chi connectivity index (χ1v) is 4.40. The smallest absolute Gasteiger partial charge is 0.136 e. The summed E-state index contributed by atoms with van der Waals surface area (Å²) in [5, 5.41) is 2.98. The molecular weight excluding hydrogens is 162 g/mol. The van der Waals surface area contributed by atoms with Gasteiger partial charge in [0.15, 0.2) is 0 Å². The monoisotopic (exact) mass is 180 g/mol. The summed E-state index contributed by atoms with van der Waals surface area (Å²) in [6.07, 6.45) is 9.69. The zero-order valence-electron chi connectivity index (χ0n) is 8.78. The van der Waals surface area contributed by atoms with E-state index in [9.17, 15) is 0 Å². The standard InChI is InChI=1S/C10H18N3/c1-10(13(2,3)4)5-7-11-9-12-8-6-10/h5-9H,1-4H3,(H,11,12)/q+1. The molecule has 1 rings (SSSR count). The van der Waals surface area contributed by atoms with E-state index in [0.29, 0.717) is 0 Å². The predicted octanol–water partition coefficient (Wildman–Crippen LogP) is 1.11. The molecule has 0 bridgehead atoms. The van der Waals surface area contributed by atoms with Crippen LogP contribution in [0.25, 0.3) is 0 Å². The van der Waals surface area contributed by atoms with Crippen LogP contribution in [0, 0.1) is 0 Å². The Hall–Kier alpha value is -1.09. The van der Waals surface area contributed by atoms with Crippen LogP contribution in [0.3, 0.4) is 0 Å². The Morgan fingerprint density at radius 1 is 1.23 bits per heavy atom. The third-order valence-electron chi connectivity index (χ3n) is 2.61. The van der Waals surface area contributed by atoms with Crippen molar-refractivity contribution in [3.63, 3.8) is 0 Å². The van der Waals surface area contributed by atoms with Crippen LogP contribution in [0.1, 0.15) is 6.92 Å². The molecule has 1 atom stereocenters. The Balaban J connectivity index is 3.00. The quantitative estimate of drug-likeness (QED) is 0.601. The molecule has 3 nitrogen and oxygen atoms in total. The molecule has 72 valence electrons. The van der Waals surface area contributed by atoms with Crippen LogP contribution in [0.4, 0.5) is 0 Å². The van der Waals surface area contributed by atoms with Crippen LogP contribution in [0.5, 0.6) is 0 Å². The molecule has 0 aromatic heterocycles. The van der Waals surface area contributed by atoms with E-state index in [-0.39, 0.29) is 5.54 Å². The number of hydrogen-bond donors (Lipinski definition) is 1. The highest BCUT2D eigenvalue weighted by Gasteiger charge is 2.32. The summed E-state index contributed by atoms with van der Waals surface area (Å²) in [5.41, 5.74) is -0.00917. The highest BCUT2D eigenvalue weighted by molar-refractivity contribution is 5.57. The summed E-state index contributed by atoms with van der Waals surface area (Å²) in [4.78, 5) is 4.06.